The highest BCUT2D eigenvalue weighted by molar-refractivity contribution is 5.97. The molecule has 1 aromatic rings. The number of nitrogens with one attached hydrogen (secondary N) is 1. The van der Waals surface area contributed by atoms with Crippen molar-refractivity contribution in [2.24, 2.45) is 0 Å². The maximum Gasteiger partial charge on any atom is 0.329 e. The molecule has 1 aliphatic carbocycles. The highest BCUT2D eigenvalue weighted by atomic mass is 16.4. The number of amides is 1. The molecular weight excluding hydrogens is 242 g/mol. The molecular formula is C15H19NO3. The summed E-state index contributed by atoms with van der Waals surface area (Å²) in [6.45, 7) is 1.95. The number of aryl methyl sites for hydroxylation is 1. The maximum atomic E-state index is 12.2. The van der Waals surface area contributed by atoms with Crippen LogP contribution < -0.4 is 5.32 Å². The number of hydrogen-bond acceptors (Lipinski definition) is 2. The Kier molecular flexibility index (Phi) is 3.88. The third kappa shape index (κ3) is 2.95. The molecule has 0 radical (unpaired) electrons. The van der Waals surface area contributed by atoms with Crippen molar-refractivity contribution in [2.45, 2.75) is 44.6 Å². The SMILES string of the molecule is Cc1ccc(C(=O)NC2(C(=O)O)CCCCC2)cc1. The lowest BCUT2D eigenvalue weighted by Crippen LogP contribution is -2.55. The quantitative estimate of drug-likeness (QED) is 0.878. The van der Waals surface area contributed by atoms with Gasteiger partial charge in [0.1, 0.15) is 5.54 Å². The van der Waals surface area contributed by atoms with Gasteiger partial charge in [0.2, 0.25) is 0 Å². The van der Waals surface area contributed by atoms with E-state index in [2.05, 4.69) is 5.32 Å². The molecule has 0 heterocycles. The molecule has 1 aromatic carbocycles. The highest BCUT2D eigenvalue weighted by Gasteiger charge is 2.41. The summed E-state index contributed by atoms with van der Waals surface area (Å²) < 4.78 is 0. The summed E-state index contributed by atoms with van der Waals surface area (Å²) in [5.41, 5.74) is 0.499. The summed E-state index contributed by atoms with van der Waals surface area (Å²) in [5, 5.41) is 12.1. The smallest absolute Gasteiger partial charge is 0.329 e. The van der Waals surface area contributed by atoms with E-state index in [-0.39, 0.29) is 5.91 Å². The summed E-state index contributed by atoms with van der Waals surface area (Å²) in [6.07, 6.45) is 3.76. The fourth-order valence-corrected chi connectivity index (χ4v) is 2.54. The minimum absolute atomic E-state index is 0.302. The number of aliphatic carboxylic acids is 1. The molecule has 2 N–H and O–H groups in total. The van der Waals surface area contributed by atoms with Crippen molar-refractivity contribution in [2.75, 3.05) is 0 Å². The Hall–Kier alpha value is -1.84. The van der Waals surface area contributed by atoms with E-state index < -0.39 is 11.5 Å². The van der Waals surface area contributed by atoms with Crippen molar-refractivity contribution in [1.29, 1.82) is 0 Å². The Bertz CT molecular complexity index is 473. The Balaban J connectivity index is 2.15. The molecule has 0 spiro atoms. The van der Waals surface area contributed by atoms with Gasteiger partial charge in [0.15, 0.2) is 0 Å². The second kappa shape index (κ2) is 5.43. The average Bonchev–Trinajstić information content (AvgIpc) is 2.40. The number of carbonyl (C=O) groups excluding carboxylic acids is 1. The molecule has 4 heteroatoms. The molecule has 0 aromatic heterocycles. The van der Waals surface area contributed by atoms with Gasteiger partial charge in [0.05, 0.1) is 0 Å². The van der Waals surface area contributed by atoms with E-state index in [4.69, 9.17) is 0 Å². The lowest BCUT2D eigenvalue weighted by molar-refractivity contribution is -0.145. The van der Waals surface area contributed by atoms with Crippen LogP contribution in [0.4, 0.5) is 0 Å². The molecule has 0 atom stereocenters. The molecule has 1 saturated carbocycles. The first-order valence-corrected chi connectivity index (χ1v) is 6.66. The summed E-state index contributed by atoms with van der Waals surface area (Å²) in [5.74, 6) is -1.23. The van der Waals surface area contributed by atoms with Gasteiger partial charge in [0, 0.05) is 5.56 Å². The standard InChI is InChI=1S/C15H19NO3/c1-11-5-7-12(8-6-11)13(17)16-15(14(18)19)9-3-2-4-10-15/h5-8H,2-4,9-10H2,1H3,(H,16,17)(H,18,19). The van der Waals surface area contributed by atoms with Gasteiger partial charge in [-0.1, -0.05) is 37.0 Å². The molecule has 0 unspecified atom stereocenters. The van der Waals surface area contributed by atoms with Crippen LogP contribution in [0.3, 0.4) is 0 Å². The van der Waals surface area contributed by atoms with Gasteiger partial charge in [-0.3, -0.25) is 4.79 Å². The zero-order valence-electron chi connectivity index (χ0n) is 11.1. The van der Waals surface area contributed by atoms with Crippen molar-refractivity contribution >= 4 is 11.9 Å². The number of hydrogen-bond donors (Lipinski definition) is 2. The molecule has 1 fully saturated rings. The second-order valence-corrected chi connectivity index (χ2v) is 5.27. The number of carbonyl (C=O) groups is 2. The summed E-state index contributed by atoms with van der Waals surface area (Å²) in [4.78, 5) is 23.6. The Morgan fingerprint density at radius 2 is 1.68 bits per heavy atom. The summed E-state index contributed by atoms with van der Waals surface area (Å²) >= 11 is 0. The van der Waals surface area contributed by atoms with Crippen LogP contribution >= 0.6 is 0 Å². The van der Waals surface area contributed by atoms with Crippen LogP contribution in [0.1, 0.15) is 48.0 Å². The lowest BCUT2D eigenvalue weighted by Gasteiger charge is -2.34. The largest absolute Gasteiger partial charge is 0.480 e. The van der Waals surface area contributed by atoms with Gasteiger partial charge in [-0.2, -0.15) is 0 Å². The first-order valence-electron chi connectivity index (χ1n) is 6.66. The molecule has 102 valence electrons. The molecule has 2 rings (SSSR count). The second-order valence-electron chi connectivity index (χ2n) is 5.27. The van der Waals surface area contributed by atoms with Crippen LogP contribution in [0.15, 0.2) is 24.3 Å². The van der Waals surface area contributed by atoms with E-state index in [1.165, 1.54) is 0 Å². The fraction of sp³-hybridized carbons (Fsp3) is 0.467. The lowest BCUT2D eigenvalue weighted by atomic mass is 9.81. The molecule has 0 saturated heterocycles. The van der Waals surface area contributed by atoms with Crippen LogP contribution in [0, 0.1) is 6.92 Å². The Labute approximate surface area is 112 Å². The number of benzene rings is 1. The summed E-state index contributed by atoms with van der Waals surface area (Å²) in [6, 6.07) is 7.15. The van der Waals surface area contributed by atoms with Gasteiger partial charge < -0.3 is 10.4 Å². The topological polar surface area (TPSA) is 66.4 Å². The molecule has 1 aliphatic rings. The minimum Gasteiger partial charge on any atom is -0.480 e. The Morgan fingerprint density at radius 1 is 1.11 bits per heavy atom. The van der Waals surface area contributed by atoms with E-state index in [1.54, 1.807) is 12.1 Å². The van der Waals surface area contributed by atoms with Gasteiger partial charge in [-0.05, 0) is 31.9 Å². The van der Waals surface area contributed by atoms with Crippen LogP contribution in [0.2, 0.25) is 0 Å². The number of rotatable bonds is 3. The maximum absolute atomic E-state index is 12.2. The zero-order chi connectivity index (χ0) is 13.9. The van der Waals surface area contributed by atoms with Crippen LogP contribution in [-0.2, 0) is 4.79 Å². The summed E-state index contributed by atoms with van der Waals surface area (Å²) in [7, 11) is 0. The molecule has 4 nitrogen and oxygen atoms in total. The molecule has 1 amide bonds. The van der Waals surface area contributed by atoms with E-state index in [9.17, 15) is 14.7 Å². The average molecular weight is 261 g/mol. The molecule has 0 aliphatic heterocycles. The van der Waals surface area contributed by atoms with Crippen molar-refractivity contribution < 1.29 is 14.7 Å². The Morgan fingerprint density at radius 3 is 2.21 bits per heavy atom. The predicted octanol–water partition coefficient (Wildman–Crippen LogP) is 2.51. The van der Waals surface area contributed by atoms with Crippen molar-refractivity contribution in [1.82, 2.24) is 5.32 Å². The monoisotopic (exact) mass is 261 g/mol. The van der Waals surface area contributed by atoms with Gasteiger partial charge >= 0.3 is 5.97 Å². The van der Waals surface area contributed by atoms with E-state index in [0.29, 0.717) is 18.4 Å². The third-order valence-corrected chi connectivity index (χ3v) is 3.78. The van der Waals surface area contributed by atoms with E-state index in [0.717, 1.165) is 24.8 Å². The van der Waals surface area contributed by atoms with E-state index in [1.807, 2.05) is 19.1 Å². The fourth-order valence-electron chi connectivity index (χ4n) is 2.54. The van der Waals surface area contributed by atoms with Crippen LogP contribution in [-0.4, -0.2) is 22.5 Å². The zero-order valence-corrected chi connectivity index (χ0v) is 11.1. The van der Waals surface area contributed by atoms with Crippen molar-refractivity contribution in [3.8, 4) is 0 Å². The number of carboxylic acid groups (broad SMARTS) is 1. The number of carboxylic acids is 1. The van der Waals surface area contributed by atoms with Gasteiger partial charge in [-0.15, -0.1) is 0 Å². The normalized spacial score (nSPS) is 17.7. The molecule has 19 heavy (non-hydrogen) atoms. The van der Waals surface area contributed by atoms with E-state index >= 15 is 0 Å². The van der Waals surface area contributed by atoms with Crippen molar-refractivity contribution in [3.63, 3.8) is 0 Å². The van der Waals surface area contributed by atoms with Crippen LogP contribution in [0.25, 0.3) is 0 Å². The predicted molar refractivity (Wildman–Crippen MR) is 72.1 cm³/mol. The minimum atomic E-state index is -1.08. The van der Waals surface area contributed by atoms with Gasteiger partial charge in [0.25, 0.3) is 5.91 Å². The first-order chi connectivity index (χ1) is 9.03. The molecule has 0 bridgehead atoms. The highest BCUT2D eigenvalue weighted by Crippen LogP contribution is 2.28. The van der Waals surface area contributed by atoms with Crippen LogP contribution in [0.5, 0.6) is 0 Å². The van der Waals surface area contributed by atoms with Crippen molar-refractivity contribution in [3.05, 3.63) is 35.4 Å². The third-order valence-electron chi connectivity index (χ3n) is 3.78. The first kappa shape index (κ1) is 13.6. The van der Waals surface area contributed by atoms with Gasteiger partial charge in [-0.25, -0.2) is 4.79 Å².